The highest BCUT2D eigenvalue weighted by atomic mass is 32.2. The fraction of sp³-hybridized carbons (Fsp3) is 0.429. The Balaban J connectivity index is 2.11. The molecule has 3 N–H and O–H groups in total. The van der Waals surface area contributed by atoms with Crippen molar-refractivity contribution in [2.24, 2.45) is 11.7 Å². The van der Waals surface area contributed by atoms with Crippen molar-refractivity contribution in [2.45, 2.75) is 12.8 Å². The molecule has 1 aromatic carbocycles. The van der Waals surface area contributed by atoms with Gasteiger partial charge in [-0.3, -0.25) is 9.59 Å². The average molecular weight is 325 g/mol. The molecule has 2 amide bonds. The molecule has 1 aliphatic rings. The lowest BCUT2D eigenvalue weighted by Gasteiger charge is -2.30. The second-order valence-corrected chi connectivity index (χ2v) is 7.34. The topological polar surface area (TPSA) is 110 Å². The number of anilines is 1. The molecule has 22 heavy (non-hydrogen) atoms. The van der Waals surface area contributed by atoms with Gasteiger partial charge in [0.05, 0.1) is 23.4 Å². The van der Waals surface area contributed by atoms with Crippen LogP contribution in [0.5, 0.6) is 0 Å². The summed E-state index contributed by atoms with van der Waals surface area (Å²) in [5.41, 5.74) is 5.84. The zero-order valence-corrected chi connectivity index (χ0v) is 13.1. The first-order valence-electron chi connectivity index (χ1n) is 6.94. The predicted octanol–water partition coefficient (Wildman–Crippen LogP) is 0.396. The minimum atomic E-state index is -3.31. The van der Waals surface area contributed by atoms with Gasteiger partial charge in [0.1, 0.15) is 0 Å². The van der Waals surface area contributed by atoms with Crippen LogP contribution in [0.1, 0.15) is 23.2 Å². The van der Waals surface area contributed by atoms with Crippen LogP contribution in [0.3, 0.4) is 0 Å². The number of piperidine rings is 1. The molecule has 8 heteroatoms. The van der Waals surface area contributed by atoms with E-state index >= 15 is 0 Å². The maximum Gasteiger partial charge on any atom is 0.250 e. The van der Waals surface area contributed by atoms with Crippen molar-refractivity contribution in [2.75, 3.05) is 24.7 Å². The molecule has 2 rings (SSSR count). The summed E-state index contributed by atoms with van der Waals surface area (Å²) in [6.45, 7) is 0.587. The molecule has 1 saturated heterocycles. The summed E-state index contributed by atoms with van der Waals surface area (Å²) in [7, 11) is -3.31. The molecule has 0 bridgehead atoms. The molecular weight excluding hydrogens is 306 g/mol. The van der Waals surface area contributed by atoms with Gasteiger partial charge in [-0.1, -0.05) is 12.1 Å². The third-order valence-corrected chi connectivity index (χ3v) is 4.94. The molecule has 1 fully saturated rings. The van der Waals surface area contributed by atoms with Gasteiger partial charge < -0.3 is 11.1 Å². The number of benzene rings is 1. The van der Waals surface area contributed by atoms with Crippen molar-refractivity contribution in [1.82, 2.24) is 4.31 Å². The van der Waals surface area contributed by atoms with Gasteiger partial charge in [-0.05, 0) is 25.0 Å². The van der Waals surface area contributed by atoms with E-state index in [4.69, 9.17) is 5.73 Å². The summed E-state index contributed by atoms with van der Waals surface area (Å²) in [5, 5.41) is 2.67. The van der Waals surface area contributed by atoms with Crippen LogP contribution in [0.25, 0.3) is 0 Å². The molecule has 1 aromatic rings. The quantitative estimate of drug-likeness (QED) is 0.834. The van der Waals surface area contributed by atoms with Crippen molar-refractivity contribution >= 4 is 27.5 Å². The van der Waals surface area contributed by atoms with E-state index in [0.29, 0.717) is 25.1 Å². The van der Waals surface area contributed by atoms with Crippen molar-refractivity contribution in [3.8, 4) is 0 Å². The minimum Gasteiger partial charge on any atom is -0.366 e. The van der Waals surface area contributed by atoms with E-state index in [0.717, 1.165) is 6.26 Å². The zero-order valence-electron chi connectivity index (χ0n) is 12.3. The third kappa shape index (κ3) is 3.83. The number of nitrogens with two attached hydrogens (primary N) is 1. The van der Waals surface area contributed by atoms with E-state index in [1.807, 2.05) is 0 Å². The van der Waals surface area contributed by atoms with Gasteiger partial charge in [-0.15, -0.1) is 0 Å². The number of nitrogens with zero attached hydrogens (tertiary/aromatic N) is 1. The van der Waals surface area contributed by atoms with Crippen molar-refractivity contribution < 1.29 is 18.0 Å². The number of hydrogen-bond acceptors (Lipinski definition) is 4. The van der Waals surface area contributed by atoms with Crippen LogP contribution in [0.4, 0.5) is 5.69 Å². The van der Waals surface area contributed by atoms with E-state index in [2.05, 4.69) is 5.32 Å². The molecule has 0 radical (unpaired) electrons. The van der Waals surface area contributed by atoms with Gasteiger partial charge in [0.2, 0.25) is 15.9 Å². The number of carbonyl (C=O) groups is 2. The van der Waals surface area contributed by atoms with E-state index in [1.54, 1.807) is 18.2 Å². The Morgan fingerprint density at radius 2 is 2.00 bits per heavy atom. The summed E-state index contributed by atoms with van der Waals surface area (Å²) in [4.78, 5) is 23.7. The van der Waals surface area contributed by atoms with Gasteiger partial charge in [-0.2, -0.15) is 0 Å². The smallest absolute Gasteiger partial charge is 0.250 e. The van der Waals surface area contributed by atoms with Crippen LogP contribution in [0, 0.1) is 5.92 Å². The van der Waals surface area contributed by atoms with Crippen molar-refractivity contribution in [3.63, 3.8) is 0 Å². The molecule has 7 nitrogen and oxygen atoms in total. The Morgan fingerprint density at radius 3 is 2.64 bits per heavy atom. The van der Waals surface area contributed by atoms with Gasteiger partial charge in [0.15, 0.2) is 0 Å². The van der Waals surface area contributed by atoms with Crippen LogP contribution in [0.15, 0.2) is 24.3 Å². The van der Waals surface area contributed by atoms with E-state index in [1.165, 1.54) is 10.4 Å². The number of para-hydroxylation sites is 1. The molecule has 1 aliphatic heterocycles. The Morgan fingerprint density at radius 1 is 1.32 bits per heavy atom. The molecule has 0 spiro atoms. The summed E-state index contributed by atoms with van der Waals surface area (Å²) >= 11 is 0. The standard InChI is InChI=1S/C14H19N3O4S/c1-22(20,21)17-8-4-5-10(9-17)14(19)16-12-7-3-2-6-11(12)13(15)18/h2-3,6-7,10H,4-5,8-9H2,1H3,(H2,15,18)(H,16,19)/t10-/m0/s1. The number of amides is 2. The van der Waals surface area contributed by atoms with Crippen LogP contribution < -0.4 is 11.1 Å². The molecule has 0 aliphatic carbocycles. The van der Waals surface area contributed by atoms with E-state index < -0.39 is 21.8 Å². The maximum absolute atomic E-state index is 12.3. The van der Waals surface area contributed by atoms with Crippen LogP contribution in [-0.4, -0.2) is 43.9 Å². The molecule has 1 atom stereocenters. The molecule has 120 valence electrons. The first kappa shape index (κ1) is 16.4. The minimum absolute atomic E-state index is 0.156. The second kappa shape index (κ2) is 6.45. The first-order chi connectivity index (χ1) is 10.3. The van der Waals surface area contributed by atoms with E-state index in [9.17, 15) is 18.0 Å². The lowest BCUT2D eigenvalue weighted by Crippen LogP contribution is -2.43. The van der Waals surface area contributed by atoms with Gasteiger partial charge in [0, 0.05) is 13.1 Å². The van der Waals surface area contributed by atoms with E-state index in [-0.39, 0.29) is 18.0 Å². The Kier molecular flexibility index (Phi) is 4.82. The van der Waals surface area contributed by atoms with Gasteiger partial charge >= 0.3 is 0 Å². The molecule has 1 heterocycles. The third-order valence-electron chi connectivity index (χ3n) is 3.67. The number of rotatable bonds is 4. The maximum atomic E-state index is 12.3. The number of nitrogens with one attached hydrogen (secondary N) is 1. The lowest BCUT2D eigenvalue weighted by atomic mass is 9.98. The monoisotopic (exact) mass is 325 g/mol. The number of carbonyl (C=O) groups excluding carboxylic acids is 2. The largest absolute Gasteiger partial charge is 0.366 e. The first-order valence-corrected chi connectivity index (χ1v) is 8.78. The second-order valence-electron chi connectivity index (χ2n) is 5.36. The lowest BCUT2D eigenvalue weighted by molar-refractivity contribution is -0.120. The van der Waals surface area contributed by atoms with Crippen LogP contribution >= 0.6 is 0 Å². The number of sulfonamides is 1. The molecule has 0 aromatic heterocycles. The fourth-order valence-corrected chi connectivity index (χ4v) is 3.41. The highest BCUT2D eigenvalue weighted by molar-refractivity contribution is 7.88. The number of primary amides is 1. The summed E-state index contributed by atoms with van der Waals surface area (Å²) in [6, 6.07) is 6.46. The molecule has 0 unspecified atom stereocenters. The number of hydrogen-bond donors (Lipinski definition) is 2. The Hall–Kier alpha value is -1.93. The molecule has 0 saturated carbocycles. The predicted molar refractivity (Wildman–Crippen MR) is 82.7 cm³/mol. The normalized spacial score (nSPS) is 19.6. The zero-order chi connectivity index (χ0) is 16.3. The Bertz CT molecular complexity index is 687. The van der Waals surface area contributed by atoms with Crippen molar-refractivity contribution in [1.29, 1.82) is 0 Å². The van der Waals surface area contributed by atoms with Gasteiger partial charge in [-0.25, -0.2) is 12.7 Å². The average Bonchev–Trinajstić information content (AvgIpc) is 2.47. The summed E-state index contributed by atoms with van der Waals surface area (Å²) in [5.74, 6) is -1.37. The van der Waals surface area contributed by atoms with Crippen molar-refractivity contribution in [3.05, 3.63) is 29.8 Å². The fourth-order valence-electron chi connectivity index (χ4n) is 2.50. The van der Waals surface area contributed by atoms with Crippen LogP contribution in [-0.2, 0) is 14.8 Å². The Labute approximate surface area is 129 Å². The van der Waals surface area contributed by atoms with Crippen LogP contribution in [0.2, 0.25) is 0 Å². The summed E-state index contributed by atoms with van der Waals surface area (Å²) in [6.07, 6.45) is 2.37. The molecular formula is C14H19N3O4S. The SMILES string of the molecule is CS(=O)(=O)N1CCC[C@H](C(=O)Nc2ccccc2C(N)=O)C1. The van der Waals surface area contributed by atoms with Gasteiger partial charge in [0.25, 0.3) is 5.91 Å². The summed E-state index contributed by atoms with van der Waals surface area (Å²) < 4.78 is 24.5. The highest BCUT2D eigenvalue weighted by Gasteiger charge is 2.30. The highest BCUT2D eigenvalue weighted by Crippen LogP contribution is 2.22.